The van der Waals surface area contributed by atoms with E-state index in [1.54, 1.807) is 25.3 Å². The molecule has 0 atom stereocenters. The summed E-state index contributed by atoms with van der Waals surface area (Å²) < 4.78 is 5.21. The Morgan fingerprint density at radius 2 is 2.11 bits per heavy atom. The van der Waals surface area contributed by atoms with Crippen molar-refractivity contribution in [3.8, 4) is 5.75 Å². The first-order valence-corrected chi connectivity index (χ1v) is 6.32. The van der Waals surface area contributed by atoms with Crippen LogP contribution in [-0.4, -0.2) is 18.4 Å². The standard InChI is InChI=1S/C14H20ClNO2/c1-14(2,16)7-6-12(17)9-10-8-11(15)4-5-13(10)18-3/h4-5,8H,6-7,9,16H2,1-3H3. The van der Waals surface area contributed by atoms with Crippen molar-refractivity contribution < 1.29 is 9.53 Å². The highest BCUT2D eigenvalue weighted by atomic mass is 35.5. The van der Waals surface area contributed by atoms with Crippen LogP contribution in [0.2, 0.25) is 5.02 Å². The lowest BCUT2D eigenvalue weighted by Crippen LogP contribution is -2.32. The second-order valence-corrected chi connectivity index (χ2v) is 5.60. The molecule has 2 N–H and O–H groups in total. The van der Waals surface area contributed by atoms with Gasteiger partial charge in [0, 0.05) is 29.0 Å². The molecular formula is C14H20ClNO2. The van der Waals surface area contributed by atoms with E-state index in [4.69, 9.17) is 22.1 Å². The Bertz CT molecular complexity index is 424. The zero-order chi connectivity index (χ0) is 13.8. The highest BCUT2D eigenvalue weighted by Crippen LogP contribution is 2.24. The van der Waals surface area contributed by atoms with E-state index in [1.165, 1.54) is 0 Å². The lowest BCUT2D eigenvalue weighted by atomic mass is 9.96. The fourth-order valence-corrected chi connectivity index (χ4v) is 1.84. The van der Waals surface area contributed by atoms with Crippen LogP contribution in [0.25, 0.3) is 0 Å². The molecule has 4 heteroatoms. The van der Waals surface area contributed by atoms with Gasteiger partial charge in [-0.1, -0.05) is 11.6 Å². The number of carbonyl (C=O) groups excluding carboxylic acids is 1. The number of hydrogen-bond acceptors (Lipinski definition) is 3. The predicted molar refractivity (Wildman–Crippen MR) is 74.2 cm³/mol. The number of hydrogen-bond donors (Lipinski definition) is 1. The lowest BCUT2D eigenvalue weighted by Gasteiger charge is -2.17. The van der Waals surface area contributed by atoms with Gasteiger partial charge in [-0.05, 0) is 38.5 Å². The van der Waals surface area contributed by atoms with Gasteiger partial charge in [0.2, 0.25) is 0 Å². The Hall–Kier alpha value is -1.06. The van der Waals surface area contributed by atoms with E-state index in [0.717, 1.165) is 5.56 Å². The number of rotatable bonds is 6. The molecule has 1 aromatic carbocycles. The number of halogens is 1. The van der Waals surface area contributed by atoms with Gasteiger partial charge in [-0.25, -0.2) is 0 Å². The summed E-state index contributed by atoms with van der Waals surface area (Å²) in [6.45, 7) is 3.83. The summed E-state index contributed by atoms with van der Waals surface area (Å²) in [5.74, 6) is 0.842. The van der Waals surface area contributed by atoms with E-state index in [-0.39, 0.29) is 11.3 Å². The van der Waals surface area contributed by atoms with Crippen molar-refractivity contribution in [2.75, 3.05) is 7.11 Å². The third kappa shape index (κ3) is 5.07. The quantitative estimate of drug-likeness (QED) is 0.864. The van der Waals surface area contributed by atoms with Crippen LogP contribution < -0.4 is 10.5 Å². The normalized spacial score (nSPS) is 11.4. The van der Waals surface area contributed by atoms with Crippen LogP contribution >= 0.6 is 11.6 Å². The Kier molecular flexibility index (Phi) is 5.17. The maximum atomic E-state index is 11.9. The van der Waals surface area contributed by atoms with E-state index in [1.807, 2.05) is 13.8 Å². The Labute approximate surface area is 113 Å². The minimum absolute atomic E-state index is 0.147. The molecule has 18 heavy (non-hydrogen) atoms. The molecule has 0 radical (unpaired) electrons. The van der Waals surface area contributed by atoms with Gasteiger partial charge in [-0.3, -0.25) is 4.79 Å². The van der Waals surface area contributed by atoms with Crippen LogP contribution in [0.3, 0.4) is 0 Å². The molecule has 0 unspecified atom stereocenters. The second-order valence-electron chi connectivity index (χ2n) is 5.16. The first kappa shape index (κ1) is 15.0. The summed E-state index contributed by atoms with van der Waals surface area (Å²) >= 11 is 5.92. The summed E-state index contributed by atoms with van der Waals surface area (Å²) in [5.41, 5.74) is 6.37. The van der Waals surface area contributed by atoms with E-state index >= 15 is 0 Å². The van der Waals surface area contributed by atoms with Gasteiger partial charge >= 0.3 is 0 Å². The molecule has 0 saturated carbocycles. The average Bonchev–Trinajstić information content (AvgIpc) is 2.26. The molecule has 0 heterocycles. The summed E-state index contributed by atoms with van der Waals surface area (Å²) in [4.78, 5) is 11.9. The first-order valence-electron chi connectivity index (χ1n) is 5.95. The summed E-state index contributed by atoms with van der Waals surface area (Å²) in [6, 6.07) is 5.29. The van der Waals surface area contributed by atoms with Gasteiger partial charge in [0.1, 0.15) is 11.5 Å². The molecule has 0 saturated heterocycles. The predicted octanol–water partition coefficient (Wildman–Crippen LogP) is 2.98. The topological polar surface area (TPSA) is 52.3 Å². The van der Waals surface area contributed by atoms with Gasteiger partial charge in [-0.15, -0.1) is 0 Å². The third-order valence-corrected chi connectivity index (χ3v) is 2.91. The van der Waals surface area contributed by atoms with Crippen molar-refractivity contribution in [2.24, 2.45) is 5.73 Å². The molecule has 1 aromatic rings. The summed E-state index contributed by atoms with van der Waals surface area (Å²) in [7, 11) is 1.58. The number of ketones is 1. The Balaban J connectivity index is 2.66. The number of ether oxygens (including phenoxy) is 1. The molecular weight excluding hydrogens is 250 g/mol. The minimum Gasteiger partial charge on any atom is -0.496 e. The number of nitrogens with two attached hydrogens (primary N) is 1. The van der Waals surface area contributed by atoms with Gasteiger partial charge in [0.05, 0.1) is 7.11 Å². The molecule has 1 rings (SSSR count). The SMILES string of the molecule is COc1ccc(Cl)cc1CC(=O)CCC(C)(C)N. The second kappa shape index (κ2) is 6.21. The van der Waals surface area contributed by atoms with Crippen molar-refractivity contribution in [1.82, 2.24) is 0 Å². The molecule has 0 aliphatic rings. The van der Waals surface area contributed by atoms with Crippen LogP contribution in [0, 0.1) is 0 Å². The van der Waals surface area contributed by atoms with Crippen molar-refractivity contribution in [3.63, 3.8) is 0 Å². The molecule has 0 amide bonds. The monoisotopic (exact) mass is 269 g/mol. The number of benzene rings is 1. The maximum Gasteiger partial charge on any atom is 0.137 e. The van der Waals surface area contributed by atoms with Gasteiger partial charge in [0.25, 0.3) is 0 Å². The number of methoxy groups -OCH3 is 1. The molecule has 0 spiro atoms. The van der Waals surface area contributed by atoms with Crippen molar-refractivity contribution in [3.05, 3.63) is 28.8 Å². The summed E-state index contributed by atoms with van der Waals surface area (Å²) in [6.07, 6.45) is 1.48. The van der Waals surface area contributed by atoms with Crippen LogP contribution in [0.1, 0.15) is 32.3 Å². The number of Topliss-reactive ketones (excluding diaryl/α,β-unsaturated/α-hetero) is 1. The number of carbonyl (C=O) groups is 1. The lowest BCUT2D eigenvalue weighted by molar-refractivity contribution is -0.118. The molecule has 3 nitrogen and oxygen atoms in total. The van der Waals surface area contributed by atoms with Crippen molar-refractivity contribution >= 4 is 17.4 Å². The zero-order valence-electron chi connectivity index (χ0n) is 11.1. The molecule has 0 fully saturated rings. The van der Waals surface area contributed by atoms with Crippen LogP contribution in [-0.2, 0) is 11.2 Å². The van der Waals surface area contributed by atoms with Crippen LogP contribution in [0.5, 0.6) is 5.75 Å². The van der Waals surface area contributed by atoms with E-state index in [9.17, 15) is 4.79 Å². The zero-order valence-corrected chi connectivity index (χ0v) is 11.9. The molecule has 0 bridgehead atoms. The first-order chi connectivity index (χ1) is 8.31. The van der Waals surface area contributed by atoms with Gasteiger partial charge in [-0.2, -0.15) is 0 Å². The molecule has 0 aliphatic carbocycles. The Morgan fingerprint density at radius 1 is 1.44 bits per heavy atom. The van der Waals surface area contributed by atoms with Gasteiger partial charge < -0.3 is 10.5 Å². The van der Waals surface area contributed by atoms with Gasteiger partial charge in [0.15, 0.2) is 0 Å². The highest BCUT2D eigenvalue weighted by molar-refractivity contribution is 6.30. The van der Waals surface area contributed by atoms with E-state index in [0.29, 0.717) is 30.0 Å². The van der Waals surface area contributed by atoms with Crippen LogP contribution in [0.15, 0.2) is 18.2 Å². The minimum atomic E-state index is -0.311. The van der Waals surface area contributed by atoms with E-state index < -0.39 is 0 Å². The molecule has 0 aromatic heterocycles. The summed E-state index contributed by atoms with van der Waals surface area (Å²) in [5, 5.41) is 0.609. The Morgan fingerprint density at radius 3 is 2.67 bits per heavy atom. The smallest absolute Gasteiger partial charge is 0.137 e. The fraction of sp³-hybridized carbons (Fsp3) is 0.500. The van der Waals surface area contributed by atoms with Crippen LogP contribution in [0.4, 0.5) is 0 Å². The molecule has 0 aliphatic heterocycles. The van der Waals surface area contributed by atoms with Crippen molar-refractivity contribution in [2.45, 2.75) is 38.6 Å². The average molecular weight is 270 g/mol. The maximum absolute atomic E-state index is 11.9. The third-order valence-electron chi connectivity index (χ3n) is 2.68. The van der Waals surface area contributed by atoms with Crippen molar-refractivity contribution in [1.29, 1.82) is 0 Å². The highest BCUT2D eigenvalue weighted by Gasteiger charge is 2.15. The van der Waals surface area contributed by atoms with E-state index in [2.05, 4.69) is 0 Å². The molecule has 100 valence electrons. The fourth-order valence-electron chi connectivity index (χ4n) is 1.65. The largest absolute Gasteiger partial charge is 0.496 e.